The van der Waals surface area contributed by atoms with Crippen LogP contribution in [0, 0.1) is 11.7 Å². The van der Waals surface area contributed by atoms with E-state index in [-0.39, 0.29) is 5.82 Å². The van der Waals surface area contributed by atoms with Crippen LogP contribution in [0.3, 0.4) is 0 Å². The molecule has 0 saturated carbocycles. The van der Waals surface area contributed by atoms with Crippen LogP contribution < -0.4 is 5.32 Å². The van der Waals surface area contributed by atoms with E-state index >= 15 is 0 Å². The van der Waals surface area contributed by atoms with E-state index < -0.39 is 0 Å². The predicted octanol–water partition coefficient (Wildman–Crippen LogP) is 3.90. The second-order valence-corrected chi connectivity index (χ2v) is 6.23. The third kappa shape index (κ3) is 2.59. The van der Waals surface area contributed by atoms with Gasteiger partial charge in [-0.2, -0.15) is 0 Å². The first-order valence-electron chi connectivity index (χ1n) is 7.65. The number of nitrogens with zero attached hydrogens (tertiary/aromatic N) is 1. The summed E-state index contributed by atoms with van der Waals surface area (Å²) < 4.78 is 15.7. The highest BCUT2D eigenvalue weighted by molar-refractivity contribution is 5.84. The number of nitrogens with one attached hydrogen (secondary N) is 1. The Balaban J connectivity index is 1.97. The first-order valence-corrected chi connectivity index (χ1v) is 7.65. The molecule has 1 aliphatic rings. The molecule has 0 bridgehead atoms. The summed E-state index contributed by atoms with van der Waals surface area (Å²) in [6.07, 6.45) is 5.88. The van der Waals surface area contributed by atoms with E-state index in [2.05, 4.69) is 29.9 Å². The average molecular weight is 274 g/mol. The maximum absolute atomic E-state index is 13.5. The van der Waals surface area contributed by atoms with E-state index in [0.717, 1.165) is 25.0 Å². The van der Waals surface area contributed by atoms with Gasteiger partial charge < -0.3 is 9.88 Å². The second-order valence-electron chi connectivity index (χ2n) is 6.23. The summed E-state index contributed by atoms with van der Waals surface area (Å²) in [5.41, 5.74) is 2.39. The number of rotatable bonds is 3. The van der Waals surface area contributed by atoms with E-state index in [9.17, 15) is 4.39 Å². The lowest BCUT2D eigenvalue weighted by molar-refractivity contribution is 0.376. The second kappa shape index (κ2) is 5.57. The molecule has 0 amide bonds. The van der Waals surface area contributed by atoms with Crippen molar-refractivity contribution in [2.45, 2.75) is 39.2 Å². The van der Waals surface area contributed by atoms with E-state index in [1.165, 1.54) is 23.8 Å². The van der Waals surface area contributed by atoms with Crippen LogP contribution in [0.1, 0.15) is 38.3 Å². The minimum atomic E-state index is -0.150. The Hall–Kier alpha value is -1.35. The first kappa shape index (κ1) is 13.6. The summed E-state index contributed by atoms with van der Waals surface area (Å²) in [5.74, 6) is 0.559. The summed E-state index contributed by atoms with van der Waals surface area (Å²) in [6, 6.07) is 5.54. The van der Waals surface area contributed by atoms with E-state index in [1.54, 1.807) is 12.1 Å². The standard InChI is InChI=1S/C17H23FN2/c1-12(2)20-11-14(8-13-4-3-7-19-10-13)16-6-5-15(18)9-17(16)20/h5-6,9,11-13,19H,3-4,7-8,10H2,1-2H3/t13-/m0/s1. The lowest BCUT2D eigenvalue weighted by atomic mass is 9.92. The fraction of sp³-hybridized carbons (Fsp3) is 0.529. The Bertz CT molecular complexity index is 594. The molecule has 2 nitrogen and oxygen atoms in total. The Kier molecular flexibility index (Phi) is 3.79. The lowest BCUT2D eigenvalue weighted by Crippen LogP contribution is -2.30. The zero-order valence-electron chi connectivity index (χ0n) is 12.3. The van der Waals surface area contributed by atoms with E-state index in [0.29, 0.717) is 12.0 Å². The lowest BCUT2D eigenvalue weighted by Gasteiger charge is -2.22. The molecule has 1 saturated heterocycles. The minimum absolute atomic E-state index is 0.150. The molecule has 108 valence electrons. The number of aromatic nitrogens is 1. The van der Waals surface area contributed by atoms with Crippen LogP contribution in [0.4, 0.5) is 4.39 Å². The Morgan fingerprint density at radius 3 is 2.95 bits per heavy atom. The molecule has 1 aromatic carbocycles. The maximum Gasteiger partial charge on any atom is 0.125 e. The summed E-state index contributed by atoms with van der Waals surface area (Å²) in [5, 5.41) is 4.69. The Labute approximate surface area is 120 Å². The summed E-state index contributed by atoms with van der Waals surface area (Å²) >= 11 is 0. The van der Waals surface area contributed by atoms with Gasteiger partial charge in [-0.05, 0) is 75.9 Å². The fourth-order valence-corrected chi connectivity index (χ4v) is 3.30. The number of hydrogen-bond acceptors (Lipinski definition) is 1. The van der Waals surface area contributed by atoms with Crippen LogP contribution in [0.2, 0.25) is 0 Å². The van der Waals surface area contributed by atoms with Gasteiger partial charge in [-0.1, -0.05) is 0 Å². The normalized spacial score (nSPS) is 19.9. The Morgan fingerprint density at radius 2 is 2.25 bits per heavy atom. The summed E-state index contributed by atoms with van der Waals surface area (Å²) in [4.78, 5) is 0. The van der Waals surface area contributed by atoms with Crippen molar-refractivity contribution < 1.29 is 4.39 Å². The topological polar surface area (TPSA) is 17.0 Å². The monoisotopic (exact) mass is 274 g/mol. The molecule has 1 fully saturated rings. The van der Waals surface area contributed by atoms with Crippen LogP contribution in [0.25, 0.3) is 10.9 Å². The molecule has 1 aliphatic heterocycles. The molecule has 0 aliphatic carbocycles. The van der Waals surface area contributed by atoms with Crippen LogP contribution in [-0.2, 0) is 6.42 Å². The molecule has 1 aromatic heterocycles. The van der Waals surface area contributed by atoms with Crippen molar-refractivity contribution in [2.24, 2.45) is 5.92 Å². The van der Waals surface area contributed by atoms with Crippen LogP contribution >= 0.6 is 0 Å². The third-order valence-electron chi connectivity index (χ3n) is 4.34. The van der Waals surface area contributed by atoms with Crippen molar-refractivity contribution >= 4 is 10.9 Å². The molecule has 2 heterocycles. The zero-order chi connectivity index (χ0) is 14.1. The van der Waals surface area contributed by atoms with Gasteiger partial charge in [0.1, 0.15) is 5.82 Å². The molecule has 0 spiro atoms. The highest BCUT2D eigenvalue weighted by Gasteiger charge is 2.17. The van der Waals surface area contributed by atoms with E-state index in [4.69, 9.17) is 0 Å². The molecule has 3 rings (SSSR count). The molecule has 3 heteroatoms. The van der Waals surface area contributed by atoms with Crippen molar-refractivity contribution in [1.29, 1.82) is 0 Å². The number of benzene rings is 1. The maximum atomic E-state index is 13.5. The van der Waals surface area contributed by atoms with Crippen LogP contribution in [0.5, 0.6) is 0 Å². The van der Waals surface area contributed by atoms with Gasteiger partial charge in [0, 0.05) is 17.6 Å². The number of piperidine rings is 1. The highest BCUT2D eigenvalue weighted by atomic mass is 19.1. The van der Waals surface area contributed by atoms with Gasteiger partial charge in [0.25, 0.3) is 0 Å². The van der Waals surface area contributed by atoms with Gasteiger partial charge in [0.2, 0.25) is 0 Å². The smallest absolute Gasteiger partial charge is 0.125 e. The molecule has 1 N–H and O–H groups in total. The zero-order valence-corrected chi connectivity index (χ0v) is 12.3. The summed E-state index contributed by atoms with van der Waals surface area (Å²) in [6.45, 7) is 6.55. The van der Waals surface area contributed by atoms with Crippen molar-refractivity contribution in [1.82, 2.24) is 9.88 Å². The van der Waals surface area contributed by atoms with Crippen LogP contribution in [-0.4, -0.2) is 17.7 Å². The minimum Gasteiger partial charge on any atom is -0.345 e. The number of hydrogen-bond donors (Lipinski definition) is 1. The van der Waals surface area contributed by atoms with Crippen molar-refractivity contribution in [3.05, 3.63) is 35.8 Å². The molecular formula is C17H23FN2. The molecule has 20 heavy (non-hydrogen) atoms. The quantitative estimate of drug-likeness (QED) is 0.898. The van der Waals surface area contributed by atoms with Gasteiger partial charge in [-0.25, -0.2) is 4.39 Å². The van der Waals surface area contributed by atoms with Gasteiger partial charge >= 0.3 is 0 Å². The Morgan fingerprint density at radius 1 is 1.40 bits per heavy atom. The van der Waals surface area contributed by atoms with Crippen LogP contribution in [0.15, 0.2) is 24.4 Å². The molecule has 0 unspecified atom stereocenters. The summed E-state index contributed by atoms with van der Waals surface area (Å²) in [7, 11) is 0. The molecular weight excluding hydrogens is 251 g/mol. The molecule has 2 aromatic rings. The highest BCUT2D eigenvalue weighted by Crippen LogP contribution is 2.28. The van der Waals surface area contributed by atoms with Gasteiger partial charge in [0.05, 0.1) is 5.52 Å². The van der Waals surface area contributed by atoms with Gasteiger partial charge in [-0.15, -0.1) is 0 Å². The number of halogens is 1. The third-order valence-corrected chi connectivity index (χ3v) is 4.34. The van der Waals surface area contributed by atoms with E-state index in [1.807, 2.05) is 6.07 Å². The average Bonchev–Trinajstić information content (AvgIpc) is 2.78. The van der Waals surface area contributed by atoms with Crippen molar-refractivity contribution in [3.63, 3.8) is 0 Å². The largest absolute Gasteiger partial charge is 0.345 e. The van der Waals surface area contributed by atoms with Crippen molar-refractivity contribution in [3.8, 4) is 0 Å². The number of fused-ring (bicyclic) bond motifs is 1. The molecule has 1 atom stereocenters. The van der Waals surface area contributed by atoms with Crippen molar-refractivity contribution in [2.75, 3.05) is 13.1 Å². The van der Waals surface area contributed by atoms with Gasteiger partial charge in [0.15, 0.2) is 0 Å². The molecule has 0 radical (unpaired) electrons. The van der Waals surface area contributed by atoms with Gasteiger partial charge in [-0.3, -0.25) is 0 Å². The first-order chi connectivity index (χ1) is 9.65. The SMILES string of the molecule is CC(C)n1cc(C[C@@H]2CCCNC2)c2ccc(F)cc21. The predicted molar refractivity (Wildman–Crippen MR) is 81.6 cm³/mol. The fourth-order valence-electron chi connectivity index (χ4n) is 3.30.